The van der Waals surface area contributed by atoms with Gasteiger partial charge >= 0.3 is 0 Å². The zero-order valence-electron chi connectivity index (χ0n) is 23.9. The van der Waals surface area contributed by atoms with Crippen LogP contribution in [0, 0.1) is 0 Å². The van der Waals surface area contributed by atoms with Crippen LogP contribution in [0.4, 0.5) is 11.4 Å². The summed E-state index contributed by atoms with van der Waals surface area (Å²) >= 11 is 25.7. The van der Waals surface area contributed by atoms with Crippen LogP contribution < -0.4 is 10.7 Å². The van der Waals surface area contributed by atoms with Gasteiger partial charge in [-0.25, -0.2) is 4.98 Å². The van der Waals surface area contributed by atoms with Crippen LogP contribution in [0.1, 0.15) is 47.0 Å². The number of piperidine rings is 1. The molecule has 3 aromatic rings. The highest BCUT2D eigenvalue weighted by atomic mass is 35.5. The van der Waals surface area contributed by atoms with Crippen molar-refractivity contribution in [3.8, 4) is 17.1 Å². The van der Waals surface area contributed by atoms with Gasteiger partial charge in [0.05, 0.1) is 39.2 Å². The van der Waals surface area contributed by atoms with Crippen LogP contribution in [0.2, 0.25) is 20.1 Å². The molecule has 1 saturated heterocycles. The van der Waals surface area contributed by atoms with Crippen molar-refractivity contribution in [1.82, 2.24) is 14.6 Å². The lowest BCUT2D eigenvalue weighted by atomic mass is 9.82. The van der Waals surface area contributed by atoms with E-state index in [9.17, 15) is 0 Å². The molecule has 3 aliphatic rings. The van der Waals surface area contributed by atoms with Crippen LogP contribution >= 0.6 is 46.4 Å². The number of fused-ring (bicyclic) bond motifs is 2. The van der Waals surface area contributed by atoms with Crippen molar-refractivity contribution in [2.24, 2.45) is 5.10 Å². The molecular weight excluding hydrogens is 608 g/mol. The summed E-state index contributed by atoms with van der Waals surface area (Å²) in [4.78, 5) is 5.06. The Morgan fingerprint density at radius 3 is 2.00 bits per heavy atom. The van der Waals surface area contributed by atoms with E-state index >= 15 is 0 Å². The van der Waals surface area contributed by atoms with Gasteiger partial charge in [0.1, 0.15) is 5.36 Å². The largest absolute Gasteiger partial charge is 0.354 e. The van der Waals surface area contributed by atoms with Crippen LogP contribution in [-0.2, 0) is 0 Å². The van der Waals surface area contributed by atoms with Gasteiger partial charge in [0.2, 0.25) is 0 Å². The highest BCUT2D eigenvalue weighted by Crippen LogP contribution is 2.39. The van der Waals surface area contributed by atoms with Gasteiger partial charge in [-0.15, -0.1) is 0 Å². The normalized spacial score (nSPS) is 16.8. The summed E-state index contributed by atoms with van der Waals surface area (Å²) in [7, 11) is 0. The third-order valence-electron chi connectivity index (χ3n) is 7.88. The van der Waals surface area contributed by atoms with Crippen molar-refractivity contribution in [3.05, 3.63) is 98.2 Å². The molecule has 2 aliphatic heterocycles. The Labute approximate surface area is 266 Å². The van der Waals surface area contributed by atoms with Crippen LogP contribution in [0.15, 0.2) is 77.9 Å². The van der Waals surface area contributed by atoms with E-state index in [4.69, 9.17) is 56.5 Å². The summed E-state index contributed by atoms with van der Waals surface area (Å²) in [5.74, 6) is 0. The number of hydrogen-bond acceptors (Lipinski definition) is 4. The van der Waals surface area contributed by atoms with Gasteiger partial charge in [-0.1, -0.05) is 58.5 Å². The highest BCUT2D eigenvalue weighted by Gasteiger charge is 2.40. The van der Waals surface area contributed by atoms with Gasteiger partial charge in [0.15, 0.2) is 0 Å². The second-order valence-electron chi connectivity index (χ2n) is 12.1. The maximum atomic E-state index is 6.50. The Hall–Kier alpha value is -2.96. The monoisotopic (exact) mass is 637 g/mol. The van der Waals surface area contributed by atoms with Crippen LogP contribution in [0.5, 0.6) is 0 Å². The van der Waals surface area contributed by atoms with Crippen molar-refractivity contribution in [3.63, 3.8) is 0 Å². The number of halogens is 4. The second-order valence-corrected chi connectivity index (χ2v) is 13.8. The van der Waals surface area contributed by atoms with E-state index in [2.05, 4.69) is 48.7 Å². The fourth-order valence-electron chi connectivity index (χ4n) is 6.12. The maximum Gasteiger partial charge on any atom is 0.109 e. The van der Waals surface area contributed by atoms with Crippen molar-refractivity contribution in [2.45, 2.75) is 58.0 Å². The average molecular weight is 639 g/mol. The number of nitrogens with zero attached hydrogens (tertiary/aromatic N) is 4. The SMILES string of the molecule is CC1(C)CCCC(C)(C)N1N=c1cc2n(-c3cc(Cl)cc(Cl)c3)c3ccccc3nc-2cc1Nc1cc(Cl)cc(Cl)c1. The lowest BCUT2D eigenvalue weighted by molar-refractivity contribution is -0.0287. The molecule has 6 rings (SSSR count). The van der Waals surface area contributed by atoms with Gasteiger partial charge < -0.3 is 9.88 Å². The first-order valence-corrected chi connectivity index (χ1v) is 15.4. The van der Waals surface area contributed by atoms with Crippen LogP contribution in [-0.4, -0.2) is 25.6 Å². The molecule has 5 nitrogen and oxygen atoms in total. The summed E-state index contributed by atoms with van der Waals surface area (Å²) in [6, 6.07) is 23.1. The maximum absolute atomic E-state index is 6.50. The third-order valence-corrected chi connectivity index (χ3v) is 8.75. The summed E-state index contributed by atoms with van der Waals surface area (Å²) in [5.41, 5.74) is 5.52. The number of aromatic nitrogens is 2. The number of anilines is 2. The fourth-order valence-corrected chi connectivity index (χ4v) is 7.16. The van der Waals surface area contributed by atoms with Gasteiger partial charge in [-0.05, 0) is 108 Å². The quantitative estimate of drug-likeness (QED) is 0.199. The summed E-state index contributed by atoms with van der Waals surface area (Å²) in [5, 5.41) is 14.1. The highest BCUT2D eigenvalue weighted by molar-refractivity contribution is 6.35. The Morgan fingerprint density at radius 2 is 1.36 bits per heavy atom. The molecule has 3 aromatic carbocycles. The molecule has 0 saturated carbocycles. The zero-order valence-corrected chi connectivity index (χ0v) is 26.9. The average Bonchev–Trinajstić information content (AvgIpc) is 2.88. The van der Waals surface area contributed by atoms with Crippen molar-refractivity contribution in [2.75, 3.05) is 5.32 Å². The summed E-state index contributed by atoms with van der Waals surface area (Å²) < 4.78 is 2.14. The molecule has 216 valence electrons. The van der Waals surface area contributed by atoms with E-state index in [-0.39, 0.29) is 11.1 Å². The smallest absolute Gasteiger partial charge is 0.109 e. The molecular formula is C33H31Cl4N5. The molecule has 0 spiro atoms. The van der Waals surface area contributed by atoms with E-state index in [0.717, 1.165) is 64.1 Å². The first kappa shape index (κ1) is 29.1. The number of nitrogens with one attached hydrogen (secondary N) is 1. The molecule has 0 radical (unpaired) electrons. The van der Waals surface area contributed by atoms with E-state index in [1.807, 2.05) is 54.6 Å². The first-order valence-electron chi connectivity index (χ1n) is 13.9. The molecule has 0 amide bonds. The van der Waals surface area contributed by atoms with Crippen LogP contribution in [0.3, 0.4) is 0 Å². The van der Waals surface area contributed by atoms with Crippen LogP contribution in [0.25, 0.3) is 28.1 Å². The van der Waals surface area contributed by atoms with Crippen molar-refractivity contribution < 1.29 is 0 Å². The Bertz CT molecular complexity index is 1800. The summed E-state index contributed by atoms with van der Waals surface area (Å²) in [6.45, 7) is 9.02. The molecule has 1 aliphatic carbocycles. The zero-order chi connectivity index (χ0) is 29.8. The molecule has 0 aromatic heterocycles. The number of para-hydroxylation sites is 2. The standard InChI is InChI=1S/C33H31Cl4N5/c1-32(2)10-7-11-33(3,4)42(32)40-28-19-31-29(18-27(28)38-24-14-20(34)12-21(35)15-24)39-26-8-5-6-9-30(26)41(31)25-16-22(36)13-23(37)17-25/h5-6,8-9,12-19,38H,7,10-11H2,1-4H3. The Kier molecular flexibility index (Phi) is 7.59. The minimum absolute atomic E-state index is 0.134. The van der Waals surface area contributed by atoms with Gasteiger partial charge in [0.25, 0.3) is 0 Å². The lowest BCUT2D eigenvalue weighted by Gasteiger charge is -2.51. The molecule has 42 heavy (non-hydrogen) atoms. The molecule has 1 fully saturated rings. The number of benzene rings is 4. The minimum Gasteiger partial charge on any atom is -0.354 e. The van der Waals surface area contributed by atoms with Crippen molar-refractivity contribution in [1.29, 1.82) is 0 Å². The van der Waals surface area contributed by atoms with E-state index in [1.54, 1.807) is 12.1 Å². The topological polar surface area (TPSA) is 45.5 Å². The van der Waals surface area contributed by atoms with E-state index < -0.39 is 0 Å². The minimum atomic E-state index is -0.134. The molecule has 0 bridgehead atoms. The molecule has 2 heterocycles. The second kappa shape index (κ2) is 10.9. The molecule has 0 unspecified atom stereocenters. The molecule has 1 N–H and O–H groups in total. The first-order chi connectivity index (χ1) is 19.9. The van der Waals surface area contributed by atoms with Gasteiger partial charge in [-0.2, -0.15) is 5.10 Å². The third kappa shape index (κ3) is 5.68. The molecule has 9 heteroatoms. The number of hydrogen-bond donors (Lipinski definition) is 1. The predicted octanol–water partition coefficient (Wildman–Crippen LogP) is 10.3. The van der Waals surface area contributed by atoms with E-state index in [1.165, 1.54) is 0 Å². The lowest BCUT2D eigenvalue weighted by Crippen LogP contribution is -2.56. The van der Waals surface area contributed by atoms with Gasteiger partial charge in [0, 0.05) is 31.5 Å². The van der Waals surface area contributed by atoms with Gasteiger partial charge in [-0.3, -0.25) is 5.01 Å². The number of rotatable bonds is 4. The Balaban J connectivity index is 1.69. The van der Waals surface area contributed by atoms with E-state index in [0.29, 0.717) is 20.1 Å². The summed E-state index contributed by atoms with van der Waals surface area (Å²) in [6.07, 6.45) is 3.25. The Morgan fingerprint density at radius 1 is 0.762 bits per heavy atom. The van der Waals surface area contributed by atoms with Crippen molar-refractivity contribution >= 4 is 68.8 Å². The fraction of sp³-hybridized carbons (Fsp3) is 0.273. The molecule has 0 atom stereocenters. The predicted molar refractivity (Wildman–Crippen MR) is 177 cm³/mol.